The summed E-state index contributed by atoms with van der Waals surface area (Å²) in [7, 11) is 1.44. The normalized spacial score (nSPS) is 12.1. The molecule has 0 fully saturated rings. The maximum absolute atomic E-state index is 10.9. The monoisotopic (exact) mass is 270 g/mol. The van der Waals surface area contributed by atoms with Crippen LogP contribution in [0.25, 0.3) is 0 Å². The molecule has 1 atom stereocenters. The Labute approximate surface area is 118 Å². The van der Waals surface area contributed by atoms with Crippen LogP contribution in [0.15, 0.2) is 0 Å². The molecule has 0 saturated carbocycles. The minimum Gasteiger partial charge on any atom is -0.469 e. The summed E-state index contributed by atoms with van der Waals surface area (Å²) in [6.07, 6.45) is 13.5. The number of hydrogen-bond acceptors (Lipinski definition) is 3. The minimum absolute atomic E-state index is 0.0930. The van der Waals surface area contributed by atoms with Crippen LogP contribution in [0.2, 0.25) is 0 Å². The van der Waals surface area contributed by atoms with Gasteiger partial charge in [0.15, 0.2) is 0 Å². The molecule has 1 unspecified atom stereocenters. The average molecular weight is 270 g/mol. The van der Waals surface area contributed by atoms with E-state index in [4.69, 9.17) is 0 Å². The fourth-order valence-corrected chi connectivity index (χ4v) is 2.14. The topological polar surface area (TPSA) is 43.4 Å². The van der Waals surface area contributed by atoms with Gasteiger partial charge in [-0.2, -0.15) is 0 Å². The summed E-state index contributed by atoms with van der Waals surface area (Å²) < 4.78 is 4.60. The molecule has 0 aliphatic rings. The average Bonchev–Trinajstić information content (AvgIpc) is 2.43. The van der Waals surface area contributed by atoms with E-state index in [-0.39, 0.29) is 11.9 Å². The third kappa shape index (κ3) is 13.4. The zero-order chi connectivity index (χ0) is 14.3. The molecule has 0 heterocycles. The van der Waals surface area contributed by atoms with Crippen molar-refractivity contribution in [2.24, 2.45) is 5.92 Å². The van der Waals surface area contributed by atoms with Crippen molar-refractivity contribution >= 4 is 12.3 Å². The zero-order valence-corrected chi connectivity index (χ0v) is 12.7. The van der Waals surface area contributed by atoms with E-state index >= 15 is 0 Å². The lowest BCUT2D eigenvalue weighted by atomic mass is 10.0. The van der Waals surface area contributed by atoms with E-state index in [2.05, 4.69) is 4.74 Å². The number of esters is 1. The summed E-state index contributed by atoms with van der Waals surface area (Å²) in [5.41, 5.74) is 0. The predicted molar refractivity (Wildman–Crippen MR) is 78.0 cm³/mol. The molecule has 0 saturated heterocycles. The second-order valence-corrected chi connectivity index (χ2v) is 5.41. The fourth-order valence-electron chi connectivity index (χ4n) is 2.14. The number of ether oxygens (including phenoxy) is 1. The molecule has 0 spiro atoms. The Hall–Kier alpha value is -0.860. The maximum atomic E-state index is 10.9. The van der Waals surface area contributed by atoms with E-state index in [0.717, 1.165) is 25.5 Å². The highest BCUT2D eigenvalue weighted by Gasteiger charge is 2.00. The summed E-state index contributed by atoms with van der Waals surface area (Å²) >= 11 is 0. The van der Waals surface area contributed by atoms with Crippen LogP contribution in [0.4, 0.5) is 0 Å². The zero-order valence-electron chi connectivity index (χ0n) is 12.7. The van der Waals surface area contributed by atoms with Crippen LogP contribution in [0, 0.1) is 5.92 Å². The number of rotatable bonds is 13. The van der Waals surface area contributed by atoms with Crippen molar-refractivity contribution in [1.82, 2.24) is 0 Å². The molecule has 0 aromatic carbocycles. The van der Waals surface area contributed by atoms with Crippen molar-refractivity contribution in [3.8, 4) is 0 Å². The Morgan fingerprint density at radius 2 is 1.42 bits per heavy atom. The lowest BCUT2D eigenvalue weighted by molar-refractivity contribution is -0.140. The molecule has 0 aromatic rings. The smallest absolute Gasteiger partial charge is 0.305 e. The molecule has 0 amide bonds. The Morgan fingerprint density at radius 3 is 1.89 bits per heavy atom. The second-order valence-electron chi connectivity index (χ2n) is 5.41. The van der Waals surface area contributed by atoms with Gasteiger partial charge in [0.1, 0.15) is 6.29 Å². The van der Waals surface area contributed by atoms with Gasteiger partial charge in [0.25, 0.3) is 0 Å². The van der Waals surface area contributed by atoms with Gasteiger partial charge in [0.05, 0.1) is 7.11 Å². The van der Waals surface area contributed by atoms with Gasteiger partial charge < -0.3 is 9.53 Å². The van der Waals surface area contributed by atoms with Crippen molar-refractivity contribution in [2.75, 3.05) is 7.11 Å². The minimum atomic E-state index is -0.0930. The number of aldehydes is 1. The molecule has 0 bridgehead atoms. The molecule has 112 valence electrons. The second kappa shape index (κ2) is 13.6. The van der Waals surface area contributed by atoms with Gasteiger partial charge in [-0.25, -0.2) is 0 Å². The van der Waals surface area contributed by atoms with Gasteiger partial charge in [-0.3, -0.25) is 4.79 Å². The highest BCUT2D eigenvalue weighted by molar-refractivity contribution is 5.68. The summed E-state index contributed by atoms with van der Waals surface area (Å²) in [6.45, 7) is 1.99. The van der Waals surface area contributed by atoms with Crippen LogP contribution < -0.4 is 0 Å². The predicted octanol–water partition coefficient (Wildman–Crippen LogP) is 4.29. The molecule has 0 N–H and O–H groups in total. The largest absolute Gasteiger partial charge is 0.469 e. The number of unbranched alkanes of at least 4 members (excludes halogenated alkanes) is 8. The number of methoxy groups -OCH3 is 1. The summed E-state index contributed by atoms with van der Waals surface area (Å²) in [4.78, 5) is 21.3. The number of carbonyl (C=O) groups excluding carboxylic acids is 2. The fraction of sp³-hybridized carbons (Fsp3) is 0.875. The summed E-state index contributed by atoms with van der Waals surface area (Å²) in [6, 6.07) is 0. The molecule has 3 nitrogen and oxygen atoms in total. The van der Waals surface area contributed by atoms with E-state index in [1.165, 1.54) is 52.1 Å². The molecule has 0 aromatic heterocycles. The van der Waals surface area contributed by atoms with Crippen LogP contribution in [0.3, 0.4) is 0 Å². The summed E-state index contributed by atoms with van der Waals surface area (Å²) in [5, 5.41) is 0. The van der Waals surface area contributed by atoms with Crippen LogP contribution in [-0.4, -0.2) is 19.4 Å². The van der Waals surface area contributed by atoms with Gasteiger partial charge in [-0.15, -0.1) is 0 Å². The van der Waals surface area contributed by atoms with Crippen LogP contribution in [0.5, 0.6) is 0 Å². The molecule has 19 heavy (non-hydrogen) atoms. The van der Waals surface area contributed by atoms with E-state index in [9.17, 15) is 9.59 Å². The van der Waals surface area contributed by atoms with Crippen molar-refractivity contribution in [1.29, 1.82) is 0 Å². The lowest BCUT2D eigenvalue weighted by Crippen LogP contribution is -1.99. The third-order valence-electron chi connectivity index (χ3n) is 3.50. The molecule has 0 radical (unpaired) electrons. The molecular weight excluding hydrogens is 240 g/mol. The van der Waals surface area contributed by atoms with Gasteiger partial charge in [-0.05, 0) is 12.8 Å². The molecular formula is C16H30O3. The van der Waals surface area contributed by atoms with Gasteiger partial charge in [0.2, 0.25) is 0 Å². The van der Waals surface area contributed by atoms with E-state index < -0.39 is 0 Å². The van der Waals surface area contributed by atoms with E-state index in [1.807, 2.05) is 6.92 Å². The van der Waals surface area contributed by atoms with Crippen molar-refractivity contribution < 1.29 is 14.3 Å². The summed E-state index contributed by atoms with van der Waals surface area (Å²) in [5.74, 6) is 0.138. The van der Waals surface area contributed by atoms with E-state index in [0.29, 0.717) is 6.42 Å². The standard InChI is InChI=1S/C16H30O3/c1-15(14-17)12-10-8-6-4-3-5-7-9-11-13-16(18)19-2/h14-15H,3-13H2,1-2H3. The molecule has 0 aliphatic carbocycles. The molecule has 3 heteroatoms. The Kier molecular flexibility index (Phi) is 13.0. The molecule has 0 aliphatic heterocycles. The first-order valence-corrected chi connectivity index (χ1v) is 7.72. The Balaban J connectivity index is 3.07. The first kappa shape index (κ1) is 18.1. The van der Waals surface area contributed by atoms with Gasteiger partial charge in [-0.1, -0.05) is 58.3 Å². The number of hydrogen-bond donors (Lipinski definition) is 0. The lowest BCUT2D eigenvalue weighted by Gasteiger charge is -2.04. The maximum Gasteiger partial charge on any atom is 0.305 e. The SMILES string of the molecule is COC(=O)CCCCCCCCCCCC(C)C=O. The third-order valence-corrected chi connectivity index (χ3v) is 3.50. The van der Waals surface area contributed by atoms with Crippen molar-refractivity contribution in [3.05, 3.63) is 0 Å². The van der Waals surface area contributed by atoms with Crippen molar-refractivity contribution in [2.45, 2.75) is 77.6 Å². The Morgan fingerprint density at radius 1 is 0.947 bits per heavy atom. The van der Waals surface area contributed by atoms with Crippen molar-refractivity contribution in [3.63, 3.8) is 0 Å². The first-order valence-electron chi connectivity index (χ1n) is 7.72. The molecule has 0 rings (SSSR count). The first-order chi connectivity index (χ1) is 9.20. The van der Waals surface area contributed by atoms with Gasteiger partial charge in [0, 0.05) is 12.3 Å². The van der Waals surface area contributed by atoms with E-state index in [1.54, 1.807) is 0 Å². The van der Waals surface area contributed by atoms with Crippen LogP contribution in [-0.2, 0) is 14.3 Å². The van der Waals surface area contributed by atoms with Crippen LogP contribution in [0.1, 0.15) is 77.6 Å². The van der Waals surface area contributed by atoms with Gasteiger partial charge >= 0.3 is 5.97 Å². The quantitative estimate of drug-likeness (QED) is 0.285. The highest BCUT2D eigenvalue weighted by atomic mass is 16.5. The number of carbonyl (C=O) groups is 2. The highest BCUT2D eigenvalue weighted by Crippen LogP contribution is 2.13. The van der Waals surface area contributed by atoms with Crippen LogP contribution >= 0.6 is 0 Å². The Bertz CT molecular complexity index is 226.